The van der Waals surface area contributed by atoms with Crippen LogP contribution in [0.25, 0.3) is 0 Å². The first-order chi connectivity index (χ1) is 9.15. The van der Waals surface area contributed by atoms with Crippen molar-refractivity contribution in [3.05, 3.63) is 28.8 Å². The van der Waals surface area contributed by atoms with E-state index in [0.29, 0.717) is 11.4 Å². The molecule has 2 aliphatic rings. The van der Waals surface area contributed by atoms with Crippen LogP contribution in [0.3, 0.4) is 0 Å². The van der Waals surface area contributed by atoms with Crippen molar-refractivity contribution in [3.63, 3.8) is 0 Å². The number of halogens is 2. The number of ether oxygens (including phenoxy) is 1. The summed E-state index contributed by atoms with van der Waals surface area (Å²) in [5.41, 5.74) is 1.02. The second-order valence-corrected chi connectivity index (χ2v) is 5.59. The van der Waals surface area contributed by atoms with Gasteiger partial charge in [0.1, 0.15) is 5.75 Å². The Balaban J connectivity index is 0.00000147. The highest BCUT2D eigenvalue weighted by Crippen LogP contribution is 2.31. The summed E-state index contributed by atoms with van der Waals surface area (Å²) in [7, 11) is 1.86. The lowest BCUT2D eigenvalue weighted by molar-refractivity contribution is -0.138. The molecule has 1 fully saturated rings. The molecule has 6 heteroatoms. The summed E-state index contributed by atoms with van der Waals surface area (Å²) in [6, 6.07) is 5.78. The molecule has 2 heterocycles. The number of rotatable bonds is 2. The number of hydrogen-bond donors (Lipinski definition) is 1. The van der Waals surface area contributed by atoms with Crippen molar-refractivity contribution in [2.45, 2.75) is 25.0 Å². The minimum atomic E-state index is -0.404. The molecular formula is C14H18Cl2N2O2. The van der Waals surface area contributed by atoms with Crippen LogP contribution in [0, 0.1) is 0 Å². The van der Waals surface area contributed by atoms with E-state index in [2.05, 4.69) is 5.32 Å². The van der Waals surface area contributed by atoms with Gasteiger partial charge >= 0.3 is 0 Å². The van der Waals surface area contributed by atoms with E-state index in [4.69, 9.17) is 16.3 Å². The number of amides is 1. The number of benzene rings is 1. The van der Waals surface area contributed by atoms with Crippen molar-refractivity contribution in [1.82, 2.24) is 10.2 Å². The summed E-state index contributed by atoms with van der Waals surface area (Å²) in [6.07, 6.45) is 1.21. The maximum absolute atomic E-state index is 12.4. The van der Waals surface area contributed by atoms with E-state index in [9.17, 15) is 4.79 Å². The first-order valence-corrected chi connectivity index (χ1v) is 6.95. The average Bonchev–Trinajstić information content (AvgIpc) is 3.05. The predicted octanol–water partition coefficient (Wildman–Crippen LogP) is 1.89. The highest BCUT2D eigenvalue weighted by atomic mass is 35.5. The molecule has 1 amide bonds. The first-order valence-electron chi connectivity index (χ1n) is 6.57. The lowest BCUT2D eigenvalue weighted by Gasteiger charge is -2.26. The molecule has 4 nitrogen and oxygen atoms in total. The second kappa shape index (κ2) is 6.20. The van der Waals surface area contributed by atoms with Crippen molar-refractivity contribution in [2.24, 2.45) is 0 Å². The van der Waals surface area contributed by atoms with E-state index in [1.165, 1.54) is 0 Å². The topological polar surface area (TPSA) is 41.6 Å². The summed E-state index contributed by atoms with van der Waals surface area (Å²) >= 11 is 5.96. The molecule has 0 spiro atoms. The minimum absolute atomic E-state index is 0. The number of likely N-dealkylation sites (N-methyl/N-ethyl adjacent to an activating group) is 1. The molecule has 2 unspecified atom stereocenters. The maximum Gasteiger partial charge on any atom is 0.264 e. The Bertz CT molecular complexity index is 504. The van der Waals surface area contributed by atoms with Crippen molar-refractivity contribution in [3.8, 4) is 5.75 Å². The molecule has 0 saturated carbocycles. The Labute approximate surface area is 129 Å². The summed E-state index contributed by atoms with van der Waals surface area (Å²) in [6.45, 7) is 1.84. The van der Waals surface area contributed by atoms with E-state index in [-0.39, 0.29) is 24.4 Å². The van der Waals surface area contributed by atoms with Gasteiger partial charge in [0.05, 0.1) is 0 Å². The van der Waals surface area contributed by atoms with E-state index in [1.54, 1.807) is 6.07 Å². The molecule has 2 atom stereocenters. The van der Waals surface area contributed by atoms with Crippen LogP contribution in [0.5, 0.6) is 5.75 Å². The van der Waals surface area contributed by atoms with Gasteiger partial charge in [-0.2, -0.15) is 0 Å². The molecule has 0 aliphatic carbocycles. The Morgan fingerprint density at radius 1 is 1.50 bits per heavy atom. The van der Waals surface area contributed by atoms with Gasteiger partial charge in [-0.05, 0) is 36.7 Å². The van der Waals surface area contributed by atoms with E-state index >= 15 is 0 Å². The normalized spacial score (nSPS) is 23.7. The van der Waals surface area contributed by atoms with Gasteiger partial charge in [-0.15, -0.1) is 12.4 Å². The number of carbonyl (C=O) groups excluding carboxylic acids is 1. The summed E-state index contributed by atoms with van der Waals surface area (Å²) < 4.78 is 5.73. The quantitative estimate of drug-likeness (QED) is 0.906. The van der Waals surface area contributed by atoms with Crippen LogP contribution in [0.1, 0.15) is 12.0 Å². The van der Waals surface area contributed by atoms with Crippen LogP contribution >= 0.6 is 24.0 Å². The van der Waals surface area contributed by atoms with Crippen LogP contribution in [-0.4, -0.2) is 43.1 Å². The highest BCUT2D eigenvalue weighted by Gasteiger charge is 2.34. The summed E-state index contributed by atoms with van der Waals surface area (Å²) in [5, 5.41) is 3.96. The number of carbonyl (C=O) groups is 1. The predicted molar refractivity (Wildman–Crippen MR) is 80.9 cm³/mol. The molecule has 2 aliphatic heterocycles. The largest absolute Gasteiger partial charge is 0.480 e. The fourth-order valence-electron chi connectivity index (χ4n) is 2.73. The highest BCUT2D eigenvalue weighted by molar-refractivity contribution is 6.30. The van der Waals surface area contributed by atoms with Gasteiger partial charge in [-0.1, -0.05) is 11.6 Å². The van der Waals surface area contributed by atoms with Crippen LogP contribution < -0.4 is 10.1 Å². The van der Waals surface area contributed by atoms with Gasteiger partial charge in [-0.25, -0.2) is 0 Å². The molecule has 0 aromatic heterocycles. The van der Waals surface area contributed by atoms with Crippen LogP contribution in [0.4, 0.5) is 0 Å². The zero-order chi connectivity index (χ0) is 13.4. The Kier molecular flexibility index (Phi) is 4.78. The minimum Gasteiger partial charge on any atom is -0.480 e. The fraction of sp³-hybridized carbons (Fsp3) is 0.500. The van der Waals surface area contributed by atoms with Crippen LogP contribution in [0.15, 0.2) is 18.2 Å². The molecule has 3 rings (SSSR count). The second-order valence-electron chi connectivity index (χ2n) is 5.16. The summed E-state index contributed by atoms with van der Waals surface area (Å²) in [4.78, 5) is 14.2. The standard InChI is InChI=1S/C14H17ClN2O2.ClH/c1-17(11-4-5-16-8-11)14(18)13-7-9-6-10(15)2-3-12(9)19-13;/h2-3,6,11,13,16H,4-5,7-8H2,1H3;1H. The van der Waals surface area contributed by atoms with Gasteiger partial charge in [0.2, 0.25) is 0 Å². The zero-order valence-corrected chi connectivity index (χ0v) is 12.8. The molecule has 1 aromatic rings. The molecule has 1 N–H and O–H groups in total. The zero-order valence-electron chi connectivity index (χ0n) is 11.3. The van der Waals surface area contributed by atoms with E-state index < -0.39 is 6.10 Å². The average molecular weight is 317 g/mol. The van der Waals surface area contributed by atoms with Crippen molar-refractivity contribution in [2.75, 3.05) is 20.1 Å². The molecule has 20 heavy (non-hydrogen) atoms. The van der Waals surface area contributed by atoms with Crippen molar-refractivity contribution >= 4 is 29.9 Å². The first kappa shape index (κ1) is 15.4. The van der Waals surface area contributed by atoms with Gasteiger partial charge in [0, 0.05) is 31.1 Å². The third kappa shape index (κ3) is 2.87. The smallest absolute Gasteiger partial charge is 0.264 e. The van der Waals surface area contributed by atoms with Gasteiger partial charge < -0.3 is 15.0 Å². The lowest BCUT2D eigenvalue weighted by Crippen LogP contribution is -2.45. The van der Waals surface area contributed by atoms with E-state index in [1.807, 2.05) is 24.1 Å². The van der Waals surface area contributed by atoms with Gasteiger partial charge in [0.25, 0.3) is 5.91 Å². The molecule has 0 radical (unpaired) electrons. The van der Waals surface area contributed by atoms with Crippen LogP contribution in [0.2, 0.25) is 5.02 Å². The molecule has 1 aromatic carbocycles. The fourth-order valence-corrected chi connectivity index (χ4v) is 2.93. The number of hydrogen-bond acceptors (Lipinski definition) is 3. The third-order valence-corrected chi connectivity index (χ3v) is 4.14. The Morgan fingerprint density at radius 3 is 3.00 bits per heavy atom. The number of nitrogens with zero attached hydrogens (tertiary/aromatic N) is 1. The Morgan fingerprint density at radius 2 is 2.30 bits per heavy atom. The molecule has 110 valence electrons. The van der Waals surface area contributed by atoms with Crippen LogP contribution in [-0.2, 0) is 11.2 Å². The van der Waals surface area contributed by atoms with Crippen molar-refractivity contribution < 1.29 is 9.53 Å². The molecule has 1 saturated heterocycles. The van der Waals surface area contributed by atoms with Gasteiger partial charge in [-0.3, -0.25) is 4.79 Å². The van der Waals surface area contributed by atoms with E-state index in [0.717, 1.165) is 30.8 Å². The number of nitrogens with one attached hydrogen (secondary N) is 1. The van der Waals surface area contributed by atoms with Gasteiger partial charge in [0.15, 0.2) is 6.10 Å². The third-order valence-electron chi connectivity index (χ3n) is 3.90. The lowest BCUT2D eigenvalue weighted by atomic mass is 10.1. The molecular weight excluding hydrogens is 299 g/mol. The number of fused-ring (bicyclic) bond motifs is 1. The molecule has 0 bridgehead atoms. The van der Waals surface area contributed by atoms with Crippen molar-refractivity contribution in [1.29, 1.82) is 0 Å². The summed E-state index contributed by atoms with van der Waals surface area (Å²) in [5.74, 6) is 0.835. The maximum atomic E-state index is 12.4. The monoisotopic (exact) mass is 316 g/mol. The Hall–Kier alpha value is -0.970. The SMILES string of the molecule is CN(C(=O)C1Cc2cc(Cl)ccc2O1)C1CCNC1.Cl.